The van der Waals surface area contributed by atoms with Gasteiger partial charge in [-0.3, -0.25) is 0 Å². The number of hydrogen-bond acceptors (Lipinski definition) is 0. The lowest BCUT2D eigenvalue weighted by atomic mass is 9.80. The highest BCUT2D eigenvalue weighted by Crippen LogP contribution is 2.50. The first-order valence-electron chi connectivity index (χ1n) is 20.2. The predicted molar refractivity (Wildman–Crippen MR) is 251 cm³/mol. The molecule has 12 aromatic rings. The van der Waals surface area contributed by atoms with Crippen molar-refractivity contribution in [3.8, 4) is 44.5 Å². The van der Waals surface area contributed by atoms with E-state index < -0.39 is 0 Å². The quantitative estimate of drug-likeness (QED) is 0.125. The fraction of sp³-hybridized carbons (Fsp3) is 0. The Labute approximate surface area is 336 Å². The van der Waals surface area contributed by atoms with E-state index in [2.05, 4.69) is 218 Å². The molecule has 58 heavy (non-hydrogen) atoms. The van der Waals surface area contributed by atoms with Gasteiger partial charge in [0, 0.05) is 0 Å². The average Bonchev–Trinajstić information content (AvgIpc) is 3.30. The first-order valence-corrected chi connectivity index (χ1v) is 20.2. The maximum Gasteiger partial charge on any atom is -0.00139 e. The summed E-state index contributed by atoms with van der Waals surface area (Å²) in [6.07, 6.45) is 0. The minimum atomic E-state index is 1.21. The van der Waals surface area contributed by atoms with Crippen molar-refractivity contribution >= 4 is 75.4 Å². The van der Waals surface area contributed by atoms with Crippen LogP contribution in [0.15, 0.2) is 218 Å². The molecule has 0 aliphatic carbocycles. The number of rotatable bonds is 4. The van der Waals surface area contributed by atoms with Crippen molar-refractivity contribution in [1.29, 1.82) is 0 Å². The van der Waals surface area contributed by atoms with Crippen molar-refractivity contribution in [1.82, 2.24) is 0 Å². The maximum absolute atomic E-state index is 2.45. The molecule has 12 rings (SSSR count). The highest BCUT2D eigenvalue weighted by molar-refractivity contribution is 6.28. The highest BCUT2D eigenvalue weighted by atomic mass is 14.3. The summed E-state index contributed by atoms with van der Waals surface area (Å²) in [7, 11) is 0. The minimum Gasteiger partial charge on any atom is -0.0616 e. The van der Waals surface area contributed by atoms with Crippen LogP contribution in [-0.2, 0) is 0 Å². The van der Waals surface area contributed by atoms with Gasteiger partial charge in [-0.05, 0) is 138 Å². The van der Waals surface area contributed by atoms with Gasteiger partial charge in [0.15, 0.2) is 0 Å². The van der Waals surface area contributed by atoms with Gasteiger partial charge in [0.2, 0.25) is 0 Å². The fourth-order valence-electron chi connectivity index (χ4n) is 9.79. The molecular formula is C58H36. The zero-order valence-corrected chi connectivity index (χ0v) is 31.8. The Bertz CT molecular complexity index is 3430. The molecular weight excluding hydrogens is 697 g/mol. The summed E-state index contributed by atoms with van der Waals surface area (Å²) in [6, 6.07) is 81.1. The number of fused-ring (bicyclic) bond motifs is 10. The standard InChI is InChI=1S/C58H36/c1-3-16-39-34-41(30-28-37(39)14-1)44-26-13-27-45(42-31-29-38-15-2-4-17-40(38)35-42)57(44)58-53-24-11-9-22-51(53)56(52-23-10-12-25-54(52)58)43-32-33-50-48-20-6-5-18-46(48)47-19-7-8-21-49(47)55(50)36-43/h1-36H. The van der Waals surface area contributed by atoms with Crippen LogP contribution >= 0.6 is 0 Å². The van der Waals surface area contributed by atoms with Gasteiger partial charge in [-0.25, -0.2) is 0 Å². The SMILES string of the molecule is c1cc(-c2ccc3ccccc3c2)c(-c2c3ccccc3c(-c3ccc4c5ccccc5c5ccccc5c4c3)c3ccccc23)c(-c2ccc3ccccc3c2)c1. The van der Waals surface area contributed by atoms with E-state index in [9.17, 15) is 0 Å². The van der Waals surface area contributed by atoms with Crippen LogP contribution in [0.1, 0.15) is 0 Å². The van der Waals surface area contributed by atoms with Gasteiger partial charge in [0.05, 0.1) is 0 Å². The van der Waals surface area contributed by atoms with Crippen molar-refractivity contribution in [2.45, 2.75) is 0 Å². The molecule has 0 atom stereocenters. The van der Waals surface area contributed by atoms with Crippen LogP contribution < -0.4 is 0 Å². The van der Waals surface area contributed by atoms with Gasteiger partial charge in [0.25, 0.3) is 0 Å². The molecule has 0 radical (unpaired) electrons. The van der Waals surface area contributed by atoms with Crippen LogP contribution in [0.3, 0.4) is 0 Å². The summed E-state index contributed by atoms with van der Waals surface area (Å²) in [5, 5.41) is 17.7. The lowest BCUT2D eigenvalue weighted by Crippen LogP contribution is -1.95. The van der Waals surface area contributed by atoms with Gasteiger partial charge >= 0.3 is 0 Å². The summed E-state index contributed by atoms with van der Waals surface area (Å²) >= 11 is 0. The first kappa shape index (κ1) is 32.7. The van der Waals surface area contributed by atoms with Crippen molar-refractivity contribution in [2.75, 3.05) is 0 Å². The average molecular weight is 733 g/mol. The molecule has 0 spiro atoms. The molecule has 0 aromatic heterocycles. The van der Waals surface area contributed by atoms with Crippen molar-refractivity contribution in [3.63, 3.8) is 0 Å². The molecule has 0 saturated heterocycles. The van der Waals surface area contributed by atoms with E-state index in [0.717, 1.165) is 0 Å². The smallest absolute Gasteiger partial charge is 0.00139 e. The van der Waals surface area contributed by atoms with Crippen molar-refractivity contribution < 1.29 is 0 Å². The molecule has 0 aliphatic rings. The maximum atomic E-state index is 2.45. The van der Waals surface area contributed by atoms with E-state index in [0.29, 0.717) is 0 Å². The van der Waals surface area contributed by atoms with E-state index in [1.54, 1.807) is 0 Å². The van der Waals surface area contributed by atoms with Gasteiger partial charge in [-0.1, -0.05) is 200 Å². The van der Waals surface area contributed by atoms with E-state index in [4.69, 9.17) is 0 Å². The highest BCUT2D eigenvalue weighted by Gasteiger charge is 2.23. The topological polar surface area (TPSA) is 0 Å². The van der Waals surface area contributed by atoms with Crippen molar-refractivity contribution in [3.05, 3.63) is 218 Å². The van der Waals surface area contributed by atoms with E-state index >= 15 is 0 Å². The molecule has 268 valence electrons. The number of hydrogen-bond donors (Lipinski definition) is 0. The van der Waals surface area contributed by atoms with E-state index in [1.165, 1.54) is 120 Å². The fourth-order valence-corrected chi connectivity index (χ4v) is 9.79. The lowest BCUT2D eigenvalue weighted by Gasteiger charge is -2.23. The molecule has 0 saturated carbocycles. The van der Waals surface area contributed by atoms with Crippen LogP contribution in [-0.4, -0.2) is 0 Å². The van der Waals surface area contributed by atoms with Crippen LogP contribution in [0.4, 0.5) is 0 Å². The van der Waals surface area contributed by atoms with Gasteiger partial charge in [-0.15, -0.1) is 0 Å². The van der Waals surface area contributed by atoms with Crippen LogP contribution in [0.2, 0.25) is 0 Å². The van der Waals surface area contributed by atoms with Crippen LogP contribution in [0.25, 0.3) is 120 Å². The monoisotopic (exact) mass is 732 g/mol. The second kappa shape index (κ2) is 13.0. The second-order valence-electron chi connectivity index (χ2n) is 15.5. The third-order valence-electron chi connectivity index (χ3n) is 12.4. The van der Waals surface area contributed by atoms with E-state index in [-0.39, 0.29) is 0 Å². The summed E-state index contributed by atoms with van der Waals surface area (Å²) < 4.78 is 0. The van der Waals surface area contributed by atoms with Gasteiger partial charge < -0.3 is 0 Å². The Hall–Kier alpha value is -7.54. The Morgan fingerprint density at radius 2 is 0.534 bits per heavy atom. The molecule has 0 heteroatoms. The summed E-state index contributed by atoms with van der Waals surface area (Å²) in [6.45, 7) is 0. The predicted octanol–water partition coefficient (Wildman–Crippen LogP) is 16.4. The van der Waals surface area contributed by atoms with Crippen LogP contribution in [0.5, 0.6) is 0 Å². The van der Waals surface area contributed by atoms with E-state index in [1.807, 2.05) is 0 Å². The third kappa shape index (κ3) is 5.02. The minimum absolute atomic E-state index is 1.21. The van der Waals surface area contributed by atoms with Gasteiger partial charge in [-0.2, -0.15) is 0 Å². The zero-order valence-electron chi connectivity index (χ0n) is 31.8. The molecule has 0 bridgehead atoms. The molecule has 12 aromatic carbocycles. The molecule has 0 heterocycles. The Balaban J connectivity index is 1.19. The number of benzene rings is 12. The molecule has 0 fully saturated rings. The second-order valence-corrected chi connectivity index (χ2v) is 15.5. The third-order valence-corrected chi connectivity index (χ3v) is 12.4. The summed E-state index contributed by atoms with van der Waals surface area (Å²) in [5.74, 6) is 0. The van der Waals surface area contributed by atoms with Crippen LogP contribution in [0, 0.1) is 0 Å². The first-order chi connectivity index (χ1) is 28.8. The molecule has 0 amide bonds. The zero-order chi connectivity index (χ0) is 38.2. The Kier molecular flexibility index (Phi) is 7.33. The molecule has 0 N–H and O–H groups in total. The molecule has 0 nitrogen and oxygen atoms in total. The van der Waals surface area contributed by atoms with Crippen molar-refractivity contribution in [2.24, 2.45) is 0 Å². The summed E-state index contributed by atoms with van der Waals surface area (Å²) in [5.41, 5.74) is 9.88. The normalized spacial score (nSPS) is 11.8. The molecule has 0 unspecified atom stereocenters. The Morgan fingerprint density at radius 3 is 1.02 bits per heavy atom. The molecule has 0 aliphatic heterocycles. The Morgan fingerprint density at radius 1 is 0.172 bits per heavy atom. The van der Waals surface area contributed by atoms with Gasteiger partial charge in [0.1, 0.15) is 0 Å². The lowest BCUT2D eigenvalue weighted by molar-refractivity contribution is 1.60. The summed E-state index contributed by atoms with van der Waals surface area (Å²) in [4.78, 5) is 0. The largest absolute Gasteiger partial charge is 0.0616 e.